The molecule has 1 saturated heterocycles. The van der Waals surface area contributed by atoms with E-state index in [-0.39, 0.29) is 10.8 Å². The number of amides is 1. The second kappa shape index (κ2) is 9.25. The number of hydrogen-bond donors (Lipinski definition) is 1. The highest BCUT2D eigenvalue weighted by Gasteiger charge is 2.27. The van der Waals surface area contributed by atoms with E-state index >= 15 is 0 Å². The molecule has 2 heterocycles. The minimum atomic E-state index is -3.66. The lowest BCUT2D eigenvalue weighted by Gasteiger charge is -2.26. The van der Waals surface area contributed by atoms with Gasteiger partial charge in [0.15, 0.2) is 11.5 Å². The van der Waals surface area contributed by atoms with Crippen LogP contribution in [0.5, 0.6) is 11.5 Å². The number of nitrogens with zero attached hydrogens (tertiary/aromatic N) is 1. The number of hydrogen-bond acceptors (Lipinski definition) is 6. The summed E-state index contributed by atoms with van der Waals surface area (Å²) >= 11 is 0. The smallest absolute Gasteiger partial charge is 0.251 e. The number of aryl methyl sites for hydroxylation is 1. The van der Waals surface area contributed by atoms with Crippen LogP contribution in [0, 0.1) is 6.92 Å². The molecule has 0 aliphatic carbocycles. The number of fused-ring (bicyclic) bond motifs is 1. The Kier molecular flexibility index (Phi) is 6.45. The van der Waals surface area contributed by atoms with Crippen molar-refractivity contribution in [2.45, 2.75) is 18.2 Å². The number of sulfonamides is 1. The second-order valence-electron chi connectivity index (χ2n) is 7.48. The lowest BCUT2D eigenvalue weighted by atomic mass is 10.1. The highest BCUT2D eigenvalue weighted by molar-refractivity contribution is 7.89. The molecule has 0 atom stereocenters. The van der Waals surface area contributed by atoms with E-state index in [1.807, 2.05) is 18.2 Å². The Morgan fingerprint density at radius 3 is 2.52 bits per heavy atom. The van der Waals surface area contributed by atoms with Gasteiger partial charge in [0.2, 0.25) is 10.0 Å². The lowest BCUT2D eigenvalue weighted by Crippen LogP contribution is -2.40. The summed E-state index contributed by atoms with van der Waals surface area (Å²) < 4.78 is 43.6. The fourth-order valence-electron chi connectivity index (χ4n) is 3.60. The lowest BCUT2D eigenvalue weighted by molar-refractivity contribution is 0.0730. The van der Waals surface area contributed by atoms with Crippen molar-refractivity contribution in [3.05, 3.63) is 53.1 Å². The van der Waals surface area contributed by atoms with E-state index in [2.05, 4.69) is 5.32 Å². The van der Waals surface area contributed by atoms with Gasteiger partial charge in [-0.05, 0) is 48.7 Å². The molecule has 2 aliphatic heterocycles. The van der Waals surface area contributed by atoms with Crippen LogP contribution >= 0.6 is 0 Å². The normalized spacial score (nSPS) is 16.7. The van der Waals surface area contributed by atoms with Gasteiger partial charge in [0.25, 0.3) is 5.91 Å². The maximum absolute atomic E-state index is 12.9. The first kappa shape index (κ1) is 21.6. The third-order valence-electron chi connectivity index (χ3n) is 5.37. The summed E-state index contributed by atoms with van der Waals surface area (Å²) in [6, 6.07) is 10.4. The number of carbonyl (C=O) groups excluding carboxylic acids is 1. The van der Waals surface area contributed by atoms with Crippen LogP contribution in [-0.2, 0) is 21.2 Å². The minimum absolute atomic E-state index is 0.122. The molecule has 2 aliphatic rings. The molecule has 2 aromatic carbocycles. The zero-order chi connectivity index (χ0) is 21.8. The van der Waals surface area contributed by atoms with E-state index in [1.165, 1.54) is 10.4 Å². The molecular formula is C22H26N2O6S. The topological polar surface area (TPSA) is 94.2 Å². The van der Waals surface area contributed by atoms with Crippen molar-refractivity contribution < 1.29 is 27.4 Å². The van der Waals surface area contributed by atoms with Gasteiger partial charge in [-0.2, -0.15) is 4.31 Å². The summed E-state index contributed by atoms with van der Waals surface area (Å²) in [5, 5.41) is 2.89. The summed E-state index contributed by atoms with van der Waals surface area (Å²) in [5.74, 6) is 1.15. The molecule has 0 spiro atoms. The molecule has 31 heavy (non-hydrogen) atoms. The van der Waals surface area contributed by atoms with E-state index in [0.29, 0.717) is 63.8 Å². The van der Waals surface area contributed by atoms with Crippen LogP contribution in [0.1, 0.15) is 21.5 Å². The SMILES string of the molecule is Cc1ccc(S(=O)(=O)N2CCOCC2)cc1C(=O)NCCc1ccc2c(c1)OCCO2. The van der Waals surface area contributed by atoms with Crippen LogP contribution in [0.2, 0.25) is 0 Å². The Bertz CT molecular complexity index is 1060. The van der Waals surface area contributed by atoms with Crippen LogP contribution in [0.4, 0.5) is 0 Å². The fourth-order valence-corrected chi connectivity index (χ4v) is 5.04. The average Bonchev–Trinajstić information content (AvgIpc) is 2.79. The zero-order valence-corrected chi connectivity index (χ0v) is 18.2. The quantitative estimate of drug-likeness (QED) is 0.727. The van der Waals surface area contributed by atoms with Crippen molar-refractivity contribution >= 4 is 15.9 Å². The van der Waals surface area contributed by atoms with E-state index in [4.69, 9.17) is 14.2 Å². The maximum Gasteiger partial charge on any atom is 0.251 e. The molecule has 0 aromatic heterocycles. The highest BCUT2D eigenvalue weighted by atomic mass is 32.2. The molecule has 0 bridgehead atoms. The van der Waals surface area contributed by atoms with Gasteiger partial charge in [0.1, 0.15) is 13.2 Å². The average molecular weight is 447 g/mol. The van der Waals surface area contributed by atoms with Crippen LogP contribution in [-0.4, -0.2) is 64.7 Å². The van der Waals surface area contributed by atoms with E-state index in [0.717, 1.165) is 16.9 Å². The van der Waals surface area contributed by atoms with Gasteiger partial charge in [0, 0.05) is 25.2 Å². The van der Waals surface area contributed by atoms with Gasteiger partial charge in [-0.1, -0.05) is 12.1 Å². The first-order valence-electron chi connectivity index (χ1n) is 10.3. The molecular weight excluding hydrogens is 420 g/mol. The summed E-state index contributed by atoms with van der Waals surface area (Å²) in [5.41, 5.74) is 2.10. The van der Waals surface area contributed by atoms with Crippen molar-refractivity contribution in [3.63, 3.8) is 0 Å². The predicted octanol–water partition coefficient (Wildman–Crippen LogP) is 1.76. The Balaban J connectivity index is 1.42. The summed E-state index contributed by atoms with van der Waals surface area (Å²) in [6.45, 7) is 4.65. The van der Waals surface area contributed by atoms with Crippen molar-refractivity contribution in [3.8, 4) is 11.5 Å². The minimum Gasteiger partial charge on any atom is -0.486 e. The van der Waals surface area contributed by atoms with Crippen molar-refractivity contribution in [1.29, 1.82) is 0 Å². The molecule has 9 heteroatoms. The largest absolute Gasteiger partial charge is 0.486 e. The monoisotopic (exact) mass is 446 g/mol. The van der Waals surface area contributed by atoms with Crippen molar-refractivity contribution in [2.24, 2.45) is 0 Å². The maximum atomic E-state index is 12.9. The van der Waals surface area contributed by atoms with E-state index < -0.39 is 10.0 Å². The third kappa shape index (κ3) is 4.84. The number of ether oxygens (including phenoxy) is 3. The summed E-state index contributed by atoms with van der Waals surface area (Å²) in [6.07, 6.45) is 0.618. The van der Waals surface area contributed by atoms with Crippen LogP contribution in [0.25, 0.3) is 0 Å². The number of morpholine rings is 1. The number of nitrogens with one attached hydrogen (secondary N) is 1. The first-order valence-corrected chi connectivity index (χ1v) is 11.7. The van der Waals surface area contributed by atoms with Crippen LogP contribution < -0.4 is 14.8 Å². The summed E-state index contributed by atoms with van der Waals surface area (Å²) in [7, 11) is -3.66. The fraction of sp³-hybridized carbons (Fsp3) is 0.409. The zero-order valence-electron chi connectivity index (χ0n) is 17.4. The molecule has 4 rings (SSSR count). The molecule has 0 unspecified atom stereocenters. The highest BCUT2D eigenvalue weighted by Crippen LogP contribution is 2.30. The number of carbonyl (C=O) groups is 1. The van der Waals surface area contributed by atoms with Crippen LogP contribution in [0.3, 0.4) is 0 Å². The third-order valence-corrected chi connectivity index (χ3v) is 7.26. The predicted molar refractivity (Wildman–Crippen MR) is 114 cm³/mol. The van der Waals surface area contributed by atoms with Crippen molar-refractivity contribution in [1.82, 2.24) is 9.62 Å². The molecule has 166 valence electrons. The molecule has 0 saturated carbocycles. The molecule has 1 amide bonds. The second-order valence-corrected chi connectivity index (χ2v) is 9.42. The van der Waals surface area contributed by atoms with Crippen LogP contribution in [0.15, 0.2) is 41.3 Å². The first-order chi connectivity index (χ1) is 14.9. The van der Waals surface area contributed by atoms with Gasteiger partial charge in [-0.25, -0.2) is 8.42 Å². The Labute approximate surface area is 182 Å². The molecule has 1 N–H and O–H groups in total. The Morgan fingerprint density at radius 1 is 1.00 bits per heavy atom. The van der Waals surface area contributed by atoms with E-state index in [1.54, 1.807) is 19.1 Å². The number of rotatable bonds is 6. The molecule has 8 nitrogen and oxygen atoms in total. The molecule has 2 aromatic rings. The van der Waals surface area contributed by atoms with Gasteiger partial charge < -0.3 is 19.5 Å². The van der Waals surface area contributed by atoms with E-state index in [9.17, 15) is 13.2 Å². The van der Waals surface area contributed by atoms with Crippen molar-refractivity contribution in [2.75, 3.05) is 46.1 Å². The number of benzene rings is 2. The van der Waals surface area contributed by atoms with Gasteiger partial charge in [0.05, 0.1) is 18.1 Å². The van der Waals surface area contributed by atoms with Gasteiger partial charge >= 0.3 is 0 Å². The Hall–Kier alpha value is -2.62. The molecule has 1 fully saturated rings. The van der Waals surface area contributed by atoms with Gasteiger partial charge in [-0.3, -0.25) is 4.79 Å². The molecule has 0 radical (unpaired) electrons. The summed E-state index contributed by atoms with van der Waals surface area (Å²) in [4.78, 5) is 12.9. The Morgan fingerprint density at radius 2 is 1.74 bits per heavy atom. The standard InChI is InChI=1S/C22H26N2O6S/c1-16-2-4-18(31(26,27)24-8-10-28-11-9-24)15-19(16)22(25)23-7-6-17-3-5-20-21(14-17)30-13-12-29-20/h2-5,14-15H,6-13H2,1H3,(H,23,25). The van der Waals surface area contributed by atoms with Gasteiger partial charge in [-0.15, -0.1) is 0 Å².